The molecule has 4 aromatic rings. The Bertz CT molecular complexity index is 980. The molecule has 0 aliphatic heterocycles. The van der Waals surface area contributed by atoms with Gasteiger partial charge in [0, 0.05) is 6.20 Å². The zero-order chi connectivity index (χ0) is 16.1. The Balaban J connectivity index is 1.96. The lowest BCUT2D eigenvalue weighted by atomic mass is 10.1. The van der Waals surface area contributed by atoms with Crippen LogP contribution in [0, 0.1) is 5.92 Å². The van der Waals surface area contributed by atoms with Gasteiger partial charge in [-0.3, -0.25) is 4.68 Å². The van der Waals surface area contributed by atoms with Gasteiger partial charge in [-0.05, 0) is 25.0 Å². The molecule has 1 unspecified atom stereocenters. The SMILES string of the molecule is CC(C)C(C)n1cc2c(nc(N)n3nc(-c4ccco4)nc23)n1. The number of aromatic nitrogens is 6. The first-order valence-electron chi connectivity index (χ1n) is 7.49. The number of nitrogens with zero attached hydrogens (tertiary/aromatic N) is 6. The number of nitrogens with two attached hydrogens (primary N) is 1. The third-order valence-electron chi connectivity index (χ3n) is 4.12. The first-order chi connectivity index (χ1) is 11.0. The molecular formula is C15H17N7O. The first kappa shape index (κ1) is 13.7. The van der Waals surface area contributed by atoms with Gasteiger partial charge in [0.05, 0.1) is 17.7 Å². The number of rotatable bonds is 3. The van der Waals surface area contributed by atoms with Gasteiger partial charge in [0.15, 0.2) is 17.1 Å². The van der Waals surface area contributed by atoms with Gasteiger partial charge >= 0.3 is 0 Å². The Morgan fingerprint density at radius 3 is 2.70 bits per heavy atom. The molecule has 2 N–H and O–H groups in total. The second-order valence-corrected chi connectivity index (χ2v) is 5.95. The van der Waals surface area contributed by atoms with E-state index in [-0.39, 0.29) is 12.0 Å². The summed E-state index contributed by atoms with van der Waals surface area (Å²) in [6.45, 7) is 6.43. The lowest BCUT2D eigenvalue weighted by molar-refractivity contribution is 0.377. The van der Waals surface area contributed by atoms with Crippen LogP contribution in [0.25, 0.3) is 28.3 Å². The lowest BCUT2D eigenvalue weighted by Crippen LogP contribution is -2.11. The molecule has 8 heteroatoms. The van der Waals surface area contributed by atoms with Crippen LogP contribution < -0.4 is 5.73 Å². The molecule has 8 nitrogen and oxygen atoms in total. The fraction of sp³-hybridized carbons (Fsp3) is 0.333. The van der Waals surface area contributed by atoms with Crippen molar-refractivity contribution in [1.29, 1.82) is 0 Å². The van der Waals surface area contributed by atoms with Crippen LogP contribution >= 0.6 is 0 Å². The van der Waals surface area contributed by atoms with Crippen molar-refractivity contribution in [2.75, 3.05) is 5.73 Å². The van der Waals surface area contributed by atoms with Crippen LogP contribution in [0.5, 0.6) is 0 Å². The summed E-state index contributed by atoms with van der Waals surface area (Å²) in [6.07, 6.45) is 3.53. The van der Waals surface area contributed by atoms with Crippen LogP contribution in [-0.2, 0) is 0 Å². The largest absolute Gasteiger partial charge is 0.461 e. The average molecular weight is 311 g/mol. The Hall–Kier alpha value is -2.90. The van der Waals surface area contributed by atoms with Crippen LogP contribution in [0.1, 0.15) is 26.8 Å². The topological polar surface area (TPSA) is 100 Å². The molecule has 0 amide bonds. The maximum Gasteiger partial charge on any atom is 0.225 e. The molecule has 0 bridgehead atoms. The van der Waals surface area contributed by atoms with E-state index < -0.39 is 0 Å². The number of nitrogen functional groups attached to an aromatic ring is 1. The Kier molecular flexibility index (Phi) is 2.87. The van der Waals surface area contributed by atoms with Gasteiger partial charge in [-0.1, -0.05) is 13.8 Å². The van der Waals surface area contributed by atoms with Crippen LogP contribution in [0.2, 0.25) is 0 Å². The minimum atomic E-state index is 0.248. The Morgan fingerprint density at radius 1 is 1.17 bits per heavy atom. The minimum absolute atomic E-state index is 0.248. The zero-order valence-electron chi connectivity index (χ0n) is 13.1. The number of hydrogen-bond donors (Lipinski definition) is 1. The number of fused-ring (bicyclic) bond motifs is 3. The van der Waals surface area contributed by atoms with Crippen LogP contribution in [0.15, 0.2) is 29.0 Å². The summed E-state index contributed by atoms with van der Waals surface area (Å²) < 4.78 is 8.78. The van der Waals surface area contributed by atoms with Crippen molar-refractivity contribution < 1.29 is 4.42 Å². The van der Waals surface area contributed by atoms with Gasteiger partial charge in [0.1, 0.15) is 0 Å². The number of anilines is 1. The highest BCUT2D eigenvalue weighted by Crippen LogP contribution is 2.25. The van der Waals surface area contributed by atoms with E-state index in [2.05, 4.69) is 40.9 Å². The molecular weight excluding hydrogens is 294 g/mol. The molecule has 0 fully saturated rings. The molecule has 0 saturated carbocycles. The van der Waals surface area contributed by atoms with Crippen molar-refractivity contribution in [3.05, 3.63) is 24.6 Å². The van der Waals surface area contributed by atoms with Crippen molar-refractivity contribution in [3.8, 4) is 11.6 Å². The van der Waals surface area contributed by atoms with Crippen LogP contribution in [0.3, 0.4) is 0 Å². The fourth-order valence-electron chi connectivity index (χ4n) is 2.45. The average Bonchev–Trinajstić information content (AvgIpc) is 3.23. The van der Waals surface area contributed by atoms with Gasteiger partial charge in [-0.15, -0.1) is 5.10 Å². The first-order valence-corrected chi connectivity index (χ1v) is 7.49. The standard InChI is InChI=1S/C15H17N7O/c1-8(2)9(3)21-7-10-12(19-21)18-15(16)22-14(10)17-13(20-22)11-5-4-6-23-11/h4-9H,1-3H3,(H2,16,18,19). The van der Waals surface area contributed by atoms with Crippen LogP contribution in [-0.4, -0.2) is 29.4 Å². The van der Waals surface area contributed by atoms with Crippen molar-refractivity contribution >= 4 is 22.6 Å². The molecule has 0 radical (unpaired) electrons. The highest BCUT2D eigenvalue weighted by atomic mass is 16.3. The summed E-state index contributed by atoms with van der Waals surface area (Å²) in [6, 6.07) is 3.85. The molecule has 4 aromatic heterocycles. The second kappa shape index (κ2) is 4.80. The summed E-state index contributed by atoms with van der Waals surface area (Å²) in [7, 11) is 0. The summed E-state index contributed by atoms with van der Waals surface area (Å²) in [4.78, 5) is 8.88. The quantitative estimate of drug-likeness (QED) is 0.624. The molecule has 0 saturated heterocycles. The van der Waals surface area contributed by atoms with E-state index in [1.54, 1.807) is 18.4 Å². The van der Waals surface area contributed by atoms with E-state index >= 15 is 0 Å². The smallest absolute Gasteiger partial charge is 0.225 e. The molecule has 4 heterocycles. The normalized spacial score (nSPS) is 13.4. The monoisotopic (exact) mass is 311 g/mol. The zero-order valence-corrected chi connectivity index (χ0v) is 13.1. The molecule has 0 aromatic carbocycles. The van der Waals surface area contributed by atoms with Crippen molar-refractivity contribution in [2.45, 2.75) is 26.8 Å². The summed E-state index contributed by atoms with van der Waals surface area (Å²) in [5.74, 6) is 1.76. The van der Waals surface area contributed by atoms with E-state index in [0.29, 0.717) is 28.8 Å². The van der Waals surface area contributed by atoms with E-state index in [0.717, 1.165) is 5.39 Å². The third kappa shape index (κ3) is 2.06. The third-order valence-corrected chi connectivity index (χ3v) is 4.12. The van der Waals surface area contributed by atoms with E-state index in [4.69, 9.17) is 10.2 Å². The maximum absolute atomic E-state index is 6.00. The van der Waals surface area contributed by atoms with Gasteiger partial charge in [-0.25, -0.2) is 4.98 Å². The molecule has 0 aliphatic carbocycles. The summed E-state index contributed by atoms with van der Waals surface area (Å²) in [5, 5.41) is 9.74. The Morgan fingerprint density at radius 2 is 2.00 bits per heavy atom. The number of furan rings is 1. The maximum atomic E-state index is 6.00. The molecule has 23 heavy (non-hydrogen) atoms. The number of hydrogen-bond acceptors (Lipinski definition) is 6. The molecule has 0 spiro atoms. The lowest BCUT2D eigenvalue weighted by Gasteiger charge is -2.15. The molecule has 118 valence electrons. The summed E-state index contributed by atoms with van der Waals surface area (Å²) in [5.41, 5.74) is 7.20. The van der Waals surface area contributed by atoms with E-state index in [1.807, 2.05) is 10.9 Å². The predicted octanol–water partition coefficient (Wildman–Crippen LogP) is 2.53. The molecule has 4 rings (SSSR count). The fourth-order valence-corrected chi connectivity index (χ4v) is 2.45. The molecule has 1 atom stereocenters. The summed E-state index contributed by atoms with van der Waals surface area (Å²) >= 11 is 0. The van der Waals surface area contributed by atoms with Crippen molar-refractivity contribution in [3.63, 3.8) is 0 Å². The van der Waals surface area contributed by atoms with E-state index in [1.165, 1.54) is 4.52 Å². The van der Waals surface area contributed by atoms with Crippen molar-refractivity contribution in [2.24, 2.45) is 5.92 Å². The van der Waals surface area contributed by atoms with Gasteiger partial charge in [0.25, 0.3) is 0 Å². The Labute approximate surface area is 131 Å². The second-order valence-electron chi connectivity index (χ2n) is 5.95. The highest BCUT2D eigenvalue weighted by molar-refractivity contribution is 5.90. The highest BCUT2D eigenvalue weighted by Gasteiger charge is 2.18. The van der Waals surface area contributed by atoms with Crippen LogP contribution in [0.4, 0.5) is 5.95 Å². The minimum Gasteiger partial charge on any atom is -0.461 e. The predicted molar refractivity (Wildman–Crippen MR) is 85.7 cm³/mol. The van der Waals surface area contributed by atoms with Gasteiger partial charge in [-0.2, -0.15) is 14.6 Å². The van der Waals surface area contributed by atoms with E-state index in [9.17, 15) is 0 Å². The van der Waals surface area contributed by atoms with Gasteiger partial charge in [0.2, 0.25) is 11.8 Å². The van der Waals surface area contributed by atoms with Crippen molar-refractivity contribution in [1.82, 2.24) is 29.4 Å². The molecule has 0 aliphatic rings. The van der Waals surface area contributed by atoms with Gasteiger partial charge < -0.3 is 10.2 Å².